The molecule has 1 aliphatic rings. The molecule has 2 aromatic rings. The summed E-state index contributed by atoms with van der Waals surface area (Å²) in [4.78, 5) is 2.16. The van der Waals surface area contributed by atoms with Gasteiger partial charge in [-0.3, -0.25) is 0 Å². The third-order valence-corrected chi connectivity index (χ3v) is 5.12. The number of anilines is 1. The molecule has 0 aliphatic carbocycles. The lowest BCUT2D eigenvalue weighted by Gasteiger charge is -2.28. The topological polar surface area (TPSA) is 78.0 Å². The highest BCUT2D eigenvalue weighted by Crippen LogP contribution is 2.27. The smallest absolute Gasteiger partial charge is 0.271 e. The maximum atomic E-state index is 6.26. The van der Waals surface area contributed by atoms with Gasteiger partial charge in [0.25, 0.3) is 5.88 Å². The lowest BCUT2D eigenvalue weighted by Crippen LogP contribution is -2.44. The maximum absolute atomic E-state index is 6.26. The summed E-state index contributed by atoms with van der Waals surface area (Å²) in [6.45, 7) is 10.9. The second-order valence-corrected chi connectivity index (χ2v) is 8.75. The van der Waals surface area contributed by atoms with E-state index in [1.54, 1.807) is 7.11 Å². The lowest BCUT2D eigenvalue weighted by molar-refractivity contribution is 0.0369. The molecule has 166 valence electrons. The van der Waals surface area contributed by atoms with E-state index in [9.17, 15) is 0 Å². The predicted molar refractivity (Wildman–Crippen MR) is 118 cm³/mol. The number of ether oxygens (including phenoxy) is 4. The Bertz CT molecular complexity index is 757. The first-order valence-electron chi connectivity index (χ1n) is 10.2. The van der Waals surface area contributed by atoms with Crippen LogP contribution in [0.2, 0.25) is 0 Å². The summed E-state index contributed by atoms with van der Waals surface area (Å²) >= 11 is 1.17. The number of rotatable bonds is 10. The van der Waals surface area contributed by atoms with Gasteiger partial charge in [-0.15, -0.1) is 4.37 Å². The van der Waals surface area contributed by atoms with Crippen molar-refractivity contribution in [1.82, 2.24) is 14.1 Å². The van der Waals surface area contributed by atoms with Gasteiger partial charge in [0.2, 0.25) is 5.82 Å². The number of aromatic nitrogens is 2. The molecule has 1 aromatic heterocycles. The molecule has 9 heteroatoms. The van der Waals surface area contributed by atoms with E-state index in [2.05, 4.69) is 39.7 Å². The minimum atomic E-state index is -0.189. The summed E-state index contributed by atoms with van der Waals surface area (Å²) in [7, 11) is 1.66. The molecule has 0 amide bonds. The van der Waals surface area contributed by atoms with E-state index < -0.39 is 0 Å². The number of methoxy groups -OCH3 is 1. The summed E-state index contributed by atoms with van der Waals surface area (Å²) in [5, 5.41) is 3.50. The van der Waals surface area contributed by atoms with Crippen LogP contribution in [0.4, 0.5) is 5.82 Å². The zero-order valence-corrected chi connectivity index (χ0v) is 19.0. The van der Waals surface area contributed by atoms with Gasteiger partial charge in [-0.2, -0.15) is 4.37 Å². The molecule has 0 unspecified atom stereocenters. The molecule has 2 heterocycles. The van der Waals surface area contributed by atoms with Gasteiger partial charge in [0.1, 0.15) is 11.9 Å². The highest BCUT2D eigenvalue weighted by molar-refractivity contribution is 6.99. The molecule has 0 spiro atoms. The van der Waals surface area contributed by atoms with Crippen LogP contribution >= 0.6 is 11.7 Å². The third-order valence-electron chi connectivity index (χ3n) is 4.62. The number of nitrogens with one attached hydrogen (secondary N) is 1. The molecule has 30 heavy (non-hydrogen) atoms. The standard InChI is InChI=1S/C21H32N4O4S/c1-21(2,3)22-13-18(15-28-14-16-5-7-17(26-4)8-6-16)29-20-19(23-30-24-20)25-9-11-27-12-10-25/h5-8,18,22H,9-15H2,1-4H3/t18-/m0/s1. The summed E-state index contributed by atoms with van der Waals surface area (Å²) in [5.74, 6) is 2.19. The molecule has 1 aliphatic heterocycles. The molecule has 0 radical (unpaired) electrons. The molecule has 1 fully saturated rings. The van der Waals surface area contributed by atoms with Crippen molar-refractivity contribution < 1.29 is 18.9 Å². The number of nitrogens with zero attached hydrogens (tertiary/aromatic N) is 3. The van der Waals surface area contributed by atoms with Crippen LogP contribution in [-0.2, 0) is 16.1 Å². The highest BCUT2D eigenvalue weighted by atomic mass is 32.1. The largest absolute Gasteiger partial charge is 0.497 e. The first-order chi connectivity index (χ1) is 14.4. The van der Waals surface area contributed by atoms with Gasteiger partial charge in [0.15, 0.2) is 0 Å². The summed E-state index contributed by atoms with van der Waals surface area (Å²) in [5.41, 5.74) is 1.06. The lowest BCUT2D eigenvalue weighted by atomic mass is 10.1. The van der Waals surface area contributed by atoms with Crippen molar-refractivity contribution in [3.8, 4) is 11.6 Å². The van der Waals surface area contributed by atoms with Crippen LogP contribution in [0.1, 0.15) is 26.3 Å². The minimum absolute atomic E-state index is 0.0229. The van der Waals surface area contributed by atoms with E-state index in [1.807, 2.05) is 24.3 Å². The minimum Gasteiger partial charge on any atom is -0.497 e. The van der Waals surface area contributed by atoms with Crippen molar-refractivity contribution in [3.63, 3.8) is 0 Å². The fourth-order valence-electron chi connectivity index (χ4n) is 2.96. The van der Waals surface area contributed by atoms with Crippen LogP contribution in [0.3, 0.4) is 0 Å². The molecule has 8 nitrogen and oxygen atoms in total. The first kappa shape index (κ1) is 22.7. The average molecular weight is 437 g/mol. The van der Waals surface area contributed by atoms with Crippen molar-refractivity contribution in [2.45, 2.75) is 39.0 Å². The van der Waals surface area contributed by atoms with Gasteiger partial charge in [0, 0.05) is 25.2 Å². The van der Waals surface area contributed by atoms with Gasteiger partial charge >= 0.3 is 0 Å². The van der Waals surface area contributed by atoms with Crippen molar-refractivity contribution in [2.75, 3.05) is 51.5 Å². The zero-order chi connectivity index (χ0) is 21.4. The van der Waals surface area contributed by atoms with Crippen molar-refractivity contribution >= 4 is 17.5 Å². The summed E-state index contributed by atoms with van der Waals surface area (Å²) in [6, 6.07) is 7.87. The van der Waals surface area contributed by atoms with Crippen LogP contribution in [0.25, 0.3) is 0 Å². The molecule has 1 atom stereocenters. The molecule has 1 N–H and O–H groups in total. The Hall–Kier alpha value is -1.94. The van der Waals surface area contributed by atoms with Crippen molar-refractivity contribution in [2.24, 2.45) is 0 Å². The SMILES string of the molecule is COc1ccc(COC[C@H](CNC(C)(C)C)Oc2nsnc2N2CCOCC2)cc1. The third kappa shape index (κ3) is 7.09. The Morgan fingerprint density at radius 1 is 1.17 bits per heavy atom. The van der Waals surface area contributed by atoms with Gasteiger partial charge in [0.05, 0.1) is 45.3 Å². The van der Waals surface area contributed by atoms with E-state index in [0.717, 1.165) is 30.2 Å². The highest BCUT2D eigenvalue weighted by Gasteiger charge is 2.23. The Morgan fingerprint density at radius 2 is 1.90 bits per heavy atom. The number of hydrogen-bond acceptors (Lipinski definition) is 9. The molecule has 3 rings (SSSR count). The number of hydrogen-bond donors (Lipinski definition) is 1. The monoisotopic (exact) mass is 436 g/mol. The van der Waals surface area contributed by atoms with Crippen LogP contribution in [0, 0.1) is 0 Å². The number of morpholine rings is 1. The first-order valence-corrected chi connectivity index (χ1v) is 11.0. The maximum Gasteiger partial charge on any atom is 0.271 e. The Labute approximate surface area is 182 Å². The predicted octanol–water partition coefficient (Wildman–Crippen LogP) is 2.74. The molecular formula is C21H32N4O4S. The van der Waals surface area contributed by atoms with Crippen molar-refractivity contribution in [1.29, 1.82) is 0 Å². The Kier molecular flexibility index (Phi) is 8.26. The van der Waals surface area contributed by atoms with E-state index in [0.29, 0.717) is 38.9 Å². The fraction of sp³-hybridized carbons (Fsp3) is 0.619. The second kappa shape index (κ2) is 10.9. The van der Waals surface area contributed by atoms with E-state index in [1.165, 1.54) is 11.7 Å². The van der Waals surface area contributed by atoms with Crippen LogP contribution < -0.4 is 19.7 Å². The quantitative estimate of drug-likeness (QED) is 0.609. The second-order valence-electron chi connectivity index (χ2n) is 8.23. The Balaban J connectivity index is 1.60. The summed E-state index contributed by atoms with van der Waals surface area (Å²) < 4.78 is 31.7. The Morgan fingerprint density at radius 3 is 2.57 bits per heavy atom. The van der Waals surface area contributed by atoms with Gasteiger partial charge in [-0.25, -0.2) is 0 Å². The van der Waals surface area contributed by atoms with E-state index >= 15 is 0 Å². The normalized spacial score (nSPS) is 15.8. The van der Waals surface area contributed by atoms with Crippen LogP contribution in [0.5, 0.6) is 11.6 Å². The van der Waals surface area contributed by atoms with Gasteiger partial charge in [-0.1, -0.05) is 12.1 Å². The molecule has 1 saturated heterocycles. The van der Waals surface area contributed by atoms with Crippen molar-refractivity contribution in [3.05, 3.63) is 29.8 Å². The molecule has 1 aromatic carbocycles. The van der Waals surface area contributed by atoms with Gasteiger partial charge in [-0.05, 0) is 38.5 Å². The van der Waals surface area contributed by atoms with E-state index in [-0.39, 0.29) is 11.6 Å². The van der Waals surface area contributed by atoms with Crippen LogP contribution in [-0.4, -0.2) is 67.0 Å². The van der Waals surface area contributed by atoms with E-state index in [4.69, 9.17) is 18.9 Å². The molecule has 0 saturated carbocycles. The zero-order valence-electron chi connectivity index (χ0n) is 18.2. The molecular weight excluding hydrogens is 404 g/mol. The van der Waals surface area contributed by atoms with Crippen LogP contribution in [0.15, 0.2) is 24.3 Å². The average Bonchev–Trinajstić information content (AvgIpc) is 3.20. The van der Waals surface area contributed by atoms with Gasteiger partial charge < -0.3 is 29.2 Å². The number of benzene rings is 1. The summed E-state index contributed by atoms with van der Waals surface area (Å²) in [6.07, 6.45) is -0.189. The molecule has 0 bridgehead atoms. The fourth-order valence-corrected chi connectivity index (χ4v) is 3.47.